The second-order valence-electron chi connectivity index (χ2n) is 20.7. The van der Waals surface area contributed by atoms with Crippen LogP contribution in [0.3, 0.4) is 0 Å². The van der Waals surface area contributed by atoms with Gasteiger partial charge in [-0.2, -0.15) is 0 Å². The Morgan fingerprint density at radius 2 is 0.472 bits per heavy atom. The molecule has 0 aliphatic carbocycles. The fourth-order valence-electron chi connectivity index (χ4n) is 11.4. The highest BCUT2D eigenvalue weighted by Crippen LogP contribution is 2.43. The van der Waals surface area contributed by atoms with Gasteiger partial charge in [0.2, 0.25) is 0 Å². The number of hydrogen-bond acceptors (Lipinski definition) is 8. The molecule has 4 aromatic carbocycles. The molecule has 0 spiro atoms. The summed E-state index contributed by atoms with van der Waals surface area (Å²) < 4.78 is 5.05. The number of fused-ring (bicyclic) bond motifs is 6. The number of unbranched alkanes of at least 4 members (excludes halogenated alkanes) is 20. The zero-order valence-corrected chi connectivity index (χ0v) is 43.3. The Balaban J connectivity index is 1.42. The predicted octanol–water partition coefficient (Wildman–Crippen LogP) is 11.6. The van der Waals surface area contributed by atoms with E-state index in [1.54, 1.807) is 36.4 Å². The first kappa shape index (κ1) is 52.3. The minimum Gasteiger partial charge on any atom is -0.274 e. The van der Waals surface area contributed by atoms with E-state index in [-0.39, 0.29) is 80.4 Å². The van der Waals surface area contributed by atoms with Crippen LogP contribution in [0.1, 0.15) is 182 Å². The number of aromatic nitrogens is 4. The van der Waals surface area contributed by atoms with E-state index in [9.17, 15) is 28.8 Å². The number of nitrogens with zero attached hydrogens (tertiary/aromatic N) is 4. The molecule has 72 heavy (non-hydrogen) atoms. The normalized spacial score (nSPS) is 12.2. The summed E-state index contributed by atoms with van der Waals surface area (Å²) in [5.74, 6) is 0. The summed E-state index contributed by atoms with van der Waals surface area (Å²) in [7, 11) is 0. The maximum Gasteiger partial charge on any atom is 0.262 e. The molecule has 0 aliphatic rings. The molecule has 0 atom stereocenters. The summed E-state index contributed by atoms with van der Waals surface area (Å²) in [6.07, 6.45) is 22.9. The molecule has 0 fully saturated rings. The minimum atomic E-state index is -0.558. The van der Waals surface area contributed by atoms with Crippen LogP contribution in [-0.4, -0.2) is 18.3 Å². The number of benzene rings is 4. The first-order valence-electron chi connectivity index (χ1n) is 27.7. The smallest absolute Gasteiger partial charge is 0.262 e. The van der Waals surface area contributed by atoms with Crippen molar-refractivity contribution in [3.8, 4) is 11.1 Å². The summed E-state index contributed by atoms with van der Waals surface area (Å²) >= 11 is 0. The highest BCUT2D eigenvalue weighted by molar-refractivity contribution is 6.25. The lowest BCUT2D eigenvalue weighted by Crippen LogP contribution is -2.25. The molecule has 4 heterocycles. The fraction of sp³-hybridized carbons (Fsp3) is 0.533. The van der Waals surface area contributed by atoms with Crippen molar-refractivity contribution < 1.29 is 0 Å². The Labute approximate surface area is 419 Å². The molecule has 12 heteroatoms. The standard InChI is InChI=1S/C60H74N4O8/c1-5-9-13-17-21-25-29-61-53(65)43-33-39-35-47-51(59(71)63(57(47)69)31-27-23-19-15-11-7-3)49(41(39)37-45(43)55(61)67)50-42-38-46-44(54(66)62(56(46)68)30-26-22-18-14-10-6-2)34-40(42)36-48-52(50)60(72)64(58(48)70)32-28-24-20-16-12-8-4/h33-38H,5-32H2,1-4H3. The van der Waals surface area contributed by atoms with Gasteiger partial charge >= 0.3 is 0 Å². The third-order valence-electron chi connectivity index (χ3n) is 15.5. The maximum atomic E-state index is 15.1. The topological polar surface area (TPSA) is 156 Å². The summed E-state index contributed by atoms with van der Waals surface area (Å²) in [6, 6.07) is 9.70. The SMILES string of the molecule is CCCCCCCCn1c(=O)c2cc3cc4c(=O)n(CCCCCCCC)c(=O)c4c(-c4c5cc6c(=O)n(CCCCCCCC)c(=O)c6cc5cc5c(=O)n(CCCCCCCC)c(=O)c45)c3cc2c1=O. The van der Waals surface area contributed by atoms with Crippen molar-refractivity contribution in [1.29, 1.82) is 0 Å². The van der Waals surface area contributed by atoms with Crippen LogP contribution in [0.5, 0.6) is 0 Å². The van der Waals surface area contributed by atoms with E-state index in [4.69, 9.17) is 0 Å². The molecule has 382 valence electrons. The average Bonchev–Trinajstić information content (AvgIpc) is 3.95. The van der Waals surface area contributed by atoms with Gasteiger partial charge in [0.1, 0.15) is 0 Å². The lowest BCUT2D eigenvalue weighted by atomic mass is 9.87. The molecule has 12 nitrogen and oxygen atoms in total. The van der Waals surface area contributed by atoms with Crippen molar-refractivity contribution >= 4 is 64.6 Å². The first-order valence-corrected chi connectivity index (χ1v) is 27.7. The Hall–Kier alpha value is -6.04. The van der Waals surface area contributed by atoms with Crippen LogP contribution in [0.4, 0.5) is 0 Å². The number of hydrogen-bond donors (Lipinski definition) is 0. The molecule has 0 aliphatic heterocycles. The zero-order valence-electron chi connectivity index (χ0n) is 43.3. The van der Waals surface area contributed by atoms with Crippen LogP contribution in [-0.2, 0) is 26.2 Å². The van der Waals surface area contributed by atoms with E-state index in [0.29, 0.717) is 47.2 Å². The maximum absolute atomic E-state index is 15.1. The zero-order chi connectivity index (χ0) is 51.1. The van der Waals surface area contributed by atoms with Gasteiger partial charge in [-0.3, -0.25) is 56.6 Å². The van der Waals surface area contributed by atoms with Gasteiger partial charge in [-0.05, 0) is 83.6 Å². The number of rotatable bonds is 29. The molecular formula is C60H74N4O8. The fourth-order valence-corrected chi connectivity index (χ4v) is 11.4. The van der Waals surface area contributed by atoms with Crippen molar-refractivity contribution in [2.75, 3.05) is 0 Å². The molecule has 8 aromatic rings. The van der Waals surface area contributed by atoms with Crippen molar-refractivity contribution in [2.24, 2.45) is 0 Å². The van der Waals surface area contributed by atoms with Gasteiger partial charge in [0.15, 0.2) is 0 Å². The Kier molecular flexibility index (Phi) is 17.2. The van der Waals surface area contributed by atoms with Crippen molar-refractivity contribution in [2.45, 2.75) is 208 Å². The molecule has 0 radical (unpaired) electrons. The molecule has 0 unspecified atom stereocenters. The van der Waals surface area contributed by atoms with E-state index in [1.165, 1.54) is 18.3 Å². The van der Waals surface area contributed by atoms with Crippen molar-refractivity contribution in [3.05, 3.63) is 119 Å². The second-order valence-corrected chi connectivity index (χ2v) is 20.7. The monoisotopic (exact) mass is 979 g/mol. The third-order valence-corrected chi connectivity index (χ3v) is 15.5. The molecular weight excluding hydrogens is 905 g/mol. The summed E-state index contributed by atoms with van der Waals surface area (Å²) in [5.41, 5.74) is -3.53. The van der Waals surface area contributed by atoms with Crippen LogP contribution < -0.4 is 44.5 Å². The molecule has 0 N–H and O–H groups in total. The van der Waals surface area contributed by atoms with E-state index < -0.39 is 44.5 Å². The van der Waals surface area contributed by atoms with Gasteiger partial charge in [-0.15, -0.1) is 0 Å². The Bertz CT molecular complexity index is 3430. The van der Waals surface area contributed by atoms with E-state index in [0.717, 1.165) is 128 Å². The lowest BCUT2D eigenvalue weighted by molar-refractivity contribution is 0.547. The van der Waals surface area contributed by atoms with Gasteiger partial charge < -0.3 is 0 Å². The van der Waals surface area contributed by atoms with Crippen LogP contribution in [0.25, 0.3) is 75.8 Å². The molecule has 0 saturated carbocycles. The third kappa shape index (κ3) is 10.2. The predicted molar refractivity (Wildman–Crippen MR) is 297 cm³/mol. The second kappa shape index (κ2) is 23.7. The lowest BCUT2D eigenvalue weighted by Gasteiger charge is -2.13. The van der Waals surface area contributed by atoms with Gasteiger partial charge in [0.05, 0.1) is 43.1 Å². The largest absolute Gasteiger partial charge is 0.274 e. The minimum absolute atomic E-state index is 0.0380. The highest BCUT2D eigenvalue weighted by atomic mass is 16.2. The van der Waals surface area contributed by atoms with Gasteiger partial charge in [-0.25, -0.2) is 0 Å². The van der Waals surface area contributed by atoms with Crippen LogP contribution >= 0.6 is 0 Å². The molecule has 0 amide bonds. The van der Waals surface area contributed by atoms with E-state index >= 15 is 9.59 Å². The average molecular weight is 979 g/mol. The summed E-state index contributed by atoms with van der Waals surface area (Å²) in [4.78, 5) is 117. The summed E-state index contributed by atoms with van der Waals surface area (Å²) in [5, 5.41) is 2.49. The van der Waals surface area contributed by atoms with Crippen LogP contribution in [0.15, 0.2) is 74.8 Å². The Morgan fingerprint density at radius 3 is 0.764 bits per heavy atom. The quantitative estimate of drug-likeness (QED) is 0.0420. The van der Waals surface area contributed by atoms with E-state index in [1.807, 2.05) is 0 Å². The molecule has 8 rings (SSSR count). The molecule has 0 saturated heterocycles. The van der Waals surface area contributed by atoms with Crippen molar-refractivity contribution in [3.63, 3.8) is 0 Å². The van der Waals surface area contributed by atoms with E-state index in [2.05, 4.69) is 27.7 Å². The van der Waals surface area contributed by atoms with Gasteiger partial charge in [0.25, 0.3) is 44.5 Å². The van der Waals surface area contributed by atoms with Crippen LogP contribution in [0, 0.1) is 0 Å². The van der Waals surface area contributed by atoms with Gasteiger partial charge in [-0.1, -0.05) is 156 Å². The Morgan fingerprint density at radius 1 is 0.250 bits per heavy atom. The molecule has 0 bridgehead atoms. The van der Waals surface area contributed by atoms with Crippen LogP contribution in [0.2, 0.25) is 0 Å². The summed E-state index contributed by atoms with van der Waals surface area (Å²) in [6.45, 7) is 9.43. The molecule has 4 aromatic heterocycles. The first-order chi connectivity index (χ1) is 35.0. The highest BCUT2D eigenvalue weighted by Gasteiger charge is 2.29. The van der Waals surface area contributed by atoms with Crippen molar-refractivity contribution in [1.82, 2.24) is 18.3 Å². The van der Waals surface area contributed by atoms with Gasteiger partial charge in [0, 0.05) is 37.3 Å².